The highest BCUT2D eigenvalue weighted by atomic mass is 32.2. The number of aliphatic imine (C=N–C) groups is 1. The van der Waals surface area contributed by atoms with E-state index in [-0.39, 0.29) is 24.2 Å². The van der Waals surface area contributed by atoms with E-state index < -0.39 is 6.09 Å². The Balaban J connectivity index is 2.17. The van der Waals surface area contributed by atoms with Crippen LogP contribution in [-0.4, -0.2) is 31.0 Å². The normalized spacial score (nSPS) is 10.8. The van der Waals surface area contributed by atoms with E-state index >= 15 is 0 Å². The lowest BCUT2D eigenvalue weighted by Crippen LogP contribution is -2.43. The highest BCUT2D eigenvalue weighted by Crippen LogP contribution is 2.34. The highest BCUT2D eigenvalue weighted by Gasteiger charge is 2.10. The predicted molar refractivity (Wildman–Crippen MR) is 117 cm³/mol. The van der Waals surface area contributed by atoms with Crippen LogP contribution in [0, 0.1) is 0 Å². The molecule has 0 aromatic heterocycles. The maximum atomic E-state index is 11.7. The fourth-order valence-electron chi connectivity index (χ4n) is 2.20. The summed E-state index contributed by atoms with van der Waals surface area (Å²) in [7, 11) is 1.22. The molecule has 2 aromatic carbocycles. The average Bonchev–Trinajstić information content (AvgIpc) is 2.76. The molecule has 0 spiro atoms. The summed E-state index contributed by atoms with van der Waals surface area (Å²) < 4.78 is 4.55. The van der Waals surface area contributed by atoms with Crippen LogP contribution in [0.2, 0.25) is 0 Å². The Labute approximate surface area is 179 Å². The number of nitrogens with zero attached hydrogens (tertiary/aromatic N) is 1. The molecule has 0 radical (unpaired) electrons. The molecule has 0 atom stereocenters. The zero-order chi connectivity index (χ0) is 21.9. The Hall–Kier alpha value is -3.33. The van der Waals surface area contributed by atoms with E-state index in [1.165, 1.54) is 18.9 Å². The molecule has 3 amide bonds. The van der Waals surface area contributed by atoms with Gasteiger partial charge in [-0.1, -0.05) is 37.7 Å². The first kappa shape index (κ1) is 23.0. The summed E-state index contributed by atoms with van der Waals surface area (Å²) in [6, 6.07) is 14.8. The Morgan fingerprint density at radius 1 is 0.933 bits per heavy atom. The molecule has 0 bridgehead atoms. The summed E-state index contributed by atoms with van der Waals surface area (Å²) in [5, 5.41) is 7.79. The van der Waals surface area contributed by atoms with E-state index in [1.807, 2.05) is 36.4 Å². The second-order valence-corrected chi connectivity index (χ2v) is 7.09. The SMILES string of the molecule is CCC(=O)NC(=Nc1ccc(Sc2ccccc2NC(=O)CC)cc1)NC(=O)OC. The van der Waals surface area contributed by atoms with Crippen molar-refractivity contribution in [3.8, 4) is 0 Å². The van der Waals surface area contributed by atoms with Gasteiger partial charge in [-0.25, -0.2) is 9.79 Å². The zero-order valence-electron chi connectivity index (χ0n) is 17.0. The van der Waals surface area contributed by atoms with E-state index in [4.69, 9.17) is 0 Å². The molecule has 8 nitrogen and oxygen atoms in total. The van der Waals surface area contributed by atoms with Crippen LogP contribution in [0.1, 0.15) is 26.7 Å². The van der Waals surface area contributed by atoms with Gasteiger partial charge in [0.15, 0.2) is 0 Å². The number of methoxy groups -OCH3 is 1. The van der Waals surface area contributed by atoms with Crippen LogP contribution in [0.15, 0.2) is 63.3 Å². The van der Waals surface area contributed by atoms with Crippen molar-refractivity contribution in [3.05, 3.63) is 48.5 Å². The van der Waals surface area contributed by atoms with Gasteiger partial charge in [0.05, 0.1) is 18.5 Å². The first-order chi connectivity index (χ1) is 14.4. The number of hydrogen-bond acceptors (Lipinski definition) is 6. The summed E-state index contributed by atoms with van der Waals surface area (Å²) in [6.07, 6.45) is -0.0868. The van der Waals surface area contributed by atoms with Crippen molar-refractivity contribution in [3.63, 3.8) is 0 Å². The largest absolute Gasteiger partial charge is 0.453 e. The topological polar surface area (TPSA) is 109 Å². The first-order valence-electron chi connectivity index (χ1n) is 9.35. The summed E-state index contributed by atoms with van der Waals surface area (Å²) in [6.45, 7) is 3.49. The molecule has 0 saturated carbocycles. The molecule has 158 valence electrons. The number of anilines is 1. The van der Waals surface area contributed by atoms with E-state index in [0.29, 0.717) is 12.1 Å². The molecule has 3 N–H and O–H groups in total. The fourth-order valence-corrected chi connectivity index (χ4v) is 3.10. The first-order valence-corrected chi connectivity index (χ1v) is 10.2. The van der Waals surface area contributed by atoms with Gasteiger partial charge in [0.25, 0.3) is 0 Å². The summed E-state index contributed by atoms with van der Waals surface area (Å²) in [4.78, 5) is 41.0. The number of hydrogen-bond donors (Lipinski definition) is 3. The second kappa shape index (κ2) is 11.6. The van der Waals surface area contributed by atoms with E-state index in [2.05, 4.69) is 25.7 Å². The van der Waals surface area contributed by atoms with Gasteiger partial charge in [0, 0.05) is 22.6 Å². The minimum absolute atomic E-state index is 0.0123. The number of rotatable bonds is 6. The van der Waals surface area contributed by atoms with E-state index in [9.17, 15) is 14.4 Å². The molecule has 0 unspecified atom stereocenters. The molecule has 0 fully saturated rings. The molecule has 2 aromatic rings. The van der Waals surface area contributed by atoms with Crippen molar-refractivity contribution in [1.29, 1.82) is 0 Å². The van der Waals surface area contributed by atoms with Crippen molar-refractivity contribution in [2.45, 2.75) is 36.5 Å². The molecule has 9 heteroatoms. The fraction of sp³-hybridized carbons (Fsp3) is 0.238. The minimum Gasteiger partial charge on any atom is -0.453 e. The van der Waals surface area contributed by atoms with Crippen molar-refractivity contribution in [2.75, 3.05) is 12.4 Å². The number of guanidine groups is 1. The van der Waals surface area contributed by atoms with Gasteiger partial charge in [-0.3, -0.25) is 20.2 Å². The molecule has 30 heavy (non-hydrogen) atoms. The zero-order valence-corrected chi connectivity index (χ0v) is 17.8. The molecule has 0 aliphatic rings. The minimum atomic E-state index is -0.733. The lowest BCUT2D eigenvalue weighted by molar-refractivity contribution is -0.119. The van der Waals surface area contributed by atoms with Crippen LogP contribution in [0.5, 0.6) is 0 Å². The van der Waals surface area contributed by atoms with Crippen molar-refractivity contribution in [2.24, 2.45) is 4.99 Å². The highest BCUT2D eigenvalue weighted by molar-refractivity contribution is 7.99. The van der Waals surface area contributed by atoms with Crippen LogP contribution in [0.25, 0.3) is 0 Å². The maximum Gasteiger partial charge on any atom is 0.413 e. The molecule has 2 rings (SSSR count). The third kappa shape index (κ3) is 7.25. The number of amides is 3. The number of carbonyl (C=O) groups is 3. The lowest BCUT2D eigenvalue weighted by atomic mass is 10.3. The number of alkyl carbamates (subject to hydrolysis) is 1. The van der Waals surface area contributed by atoms with Crippen LogP contribution < -0.4 is 16.0 Å². The Bertz CT molecular complexity index is 909. The number of para-hydroxylation sites is 1. The summed E-state index contributed by atoms with van der Waals surface area (Å²) in [5.41, 5.74) is 1.29. The number of carbonyl (C=O) groups excluding carboxylic acids is 3. The molecule has 0 aliphatic carbocycles. The van der Waals surface area contributed by atoms with Crippen LogP contribution >= 0.6 is 11.8 Å². The standard InChI is InChI=1S/C21H24N4O4S/c1-4-18(26)23-16-8-6-7-9-17(16)30-15-12-10-14(11-13-15)22-20(24-19(27)5-2)25-21(28)29-3/h6-13H,4-5H2,1-3H3,(H,23,26)(H2,22,24,25,27,28). The summed E-state index contributed by atoms with van der Waals surface area (Å²) in [5.74, 6) is -0.350. The molecular formula is C21H24N4O4S. The van der Waals surface area contributed by atoms with Gasteiger partial charge >= 0.3 is 6.09 Å². The number of nitrogens with one attached hydrogen (secondary N) is 3. The maximum absolute atomic E-state index is 11.7. The van der Waals surface area contributed by atoms with Crippen LogP contribution in [0.4, 0.5) is 16.2 Å². The Kier molecular flexibility index (Phi) is 8.89. The number of benzene rings is 2. The predicted octanol–water partition coefficient (Wildman–Crippen LogP) is 4.06. The van der Waals surface area contributed by atoms with Crippen molar-refractivity contribution < 1.29 is 19.1 Å². The van der Waals surface area contributed by atoms with Gasteiger partial charge in [0.2, 0.25) is 17.8 Å². The van der Waals surface area contributed by atoms with E-state index in [1.54, 1.807) is 26.0 Å². The van der Waals surface area contributed by atoms with Crippen molar-refractivity contribution in [1.82, 2.24) is 10.6 Å². The van der Waals surface area contributed by atoms with Gasteiger partial charge in [-0.15, -0.1) is 0 Å². The Morgan fingerprint density at radius 3 is 2.23 bits per heavy atom. The van der Waals surface area contributed by atoms with Crippen molar-refractivity contribution >= 4 is 47.0 Å². The molecule has 0 aliphatic heterocycles. The molecule has 0 heterocycles. The quantitative estimate of drug-likeness (QED) is 0.475. The van der Waals surface area contributed by atoms with Gasteiger partial charge < -0.3 is 10.1 Å². The van der Waals surface area contributed by atoms with Crippen LogP contribution in [-0.2, 0) is 14.3 Å². The van der Waals surface area contributed by atoms with Crippen LogP contribution in [0.3, 0.4) is 0 Å². The third-order valence-corrected chi connectivity index (χ3v) is 4.86. The monoisotopic (exact) mass is 428 g/mol. The van der Waals surface area contributed by atoms with Gasteiger partial charge in [-0.2, -0.15) is 0 Å². The number of ether oxygens (including phenoxy) is 1. The third-order valence-electron chi connectivity index (χ3n) is 3.77. The van der Waals surface area contributed by atoms with Gasteiger partial charge in [0.1, 0.15) is 0 Å². The smallest absolute Gasteiger partial charge is 0.413 e. The van der Waals surface area contributed by atoms with E-state index in [0.717, 1.165) is 15.5 Å². The summed E-state index contributed by atoms with van der Waals surface area (Å²) >= 11 is 1.50. The molecule has 0 saturated heterocycles. The lowest BCUT2D eigenvalue weighted by Gasteiger charge is -2.11. The second-order valence-electron chi connectivity index (χ2n) is 5.97. The average molecular weight is 429 g/mol. The molecular weight excluding hydrogens is 404 g/mol. The Morgan fingerprint density at radius 2 is 1.60 bits per heavy atom. The van der Waals surface area contributed by atoms with Gasteiger partial charge in [-0.05, 0) is 36.4 Å².